The van der Waals surface area contributed by atoms with E-state index in [0.717, 1.165) is 16.5 Å². The molecule has 0 bridgehead atoms. The van der Waals surface area contributed by atoms with Gasteiger partial charge in [0.15, 0.2) is 5.78 Å². The monoisotopic (exact) mass is 350 g/mol. The Morgan fingerprint density at radius 3 is 2.46 bits per heavy atom. The molecule has 2 aromatic carbocycles. The first-order chi connectivity index (χ1) is 12.4. The number of H-pyrrole nitrogens is 1. The summed E-state index contributed by atoms with van der Waals surface area (Å²) in [5.74, 6) is -1.37. The lowest BCUT2D eigenvalue weighted by Crippen LogP contribution is -2.53. The summed E-state index contributed by atoms with van der Waals surface area (Å²) in [4.78, 5) is 27.9. The summed E-state index contributed by atoms with van der Waals surface area (Å²) in [5.41, 5.74) is 7.06. The highest BCUT2D eigenvalue weighted by molar-refractivity contribution is 5.98. The molecule has 1 unspecified atom stereocenters. The highest BCUT2D eigenvalue weighted by atomic mass is 16.4. The van der Waals surface area contributed by atoms with E-state index in [0.29, 0.717) is 12.0 Å². The van der Waals surface area contributed by atoms with Crippen LogP contribution in [0.3, 0.4) is 0 Å². The van der Waals surface area contributed by atoms with Crippen molar-refractivity contribution in [1.29, 1.82) is 0 Å². The summed E-state index contributed by atoms with van der Waals surface area (Å²) in [6.07, 6.45) is 2.39. The number of carboxylic acids is 1. The molecule has 26 heavy (non-hydrogen) atoms. The highest BCUT2D eigenvalue weighted by Crippen LogP contribution is 2.34. The van der Waals surface area contributed by atoms with Crippen molar-refractivity contribution in [2.45, 2.75) is 31.2 Å². The lowest BCUT2D eigenvalue weighted by molar-refractivity contribution is -0.146. The van der Waals surface area contributed by atoms with Gasteiger partial charge in [-0.3, -0.25) is 9.59 Å². The van der Waals surface area contributed by atoms with E-state index in [1.807, 2.05) is 54.6 Å². The predicted molar refractivity (Wildman–Crippen MR) is 101 cm³/mol. The van der Waals surface area contributed by atoms with Crippen molar-refractivity contribution in [3.8, 4) is 0 Å². The van der Waals surface area contributed by atoms with Crippen LogP contribution in [0.15, 0.2) is 60.8 Å². The van der Waals surface area contributed by atoms with Crippen LogP contribution in [0.25, 0.3) is 10.9 Å². The van der Waals surface area contributed by atoms with Crippen LogP contribution in [-0.4, -0.2) is 27.9 Å². The molecule has 0 spiro atoms. The Morgan fingerprint density at radius 2 is 1.77 bits per heavy atom. The number of carbonyl (C=O) groups excluding carboxylic acids is 1. The van der Waals surface area contributed by atoms with Gasteiger partial charge in [0.05, 0.1) is 6.04 Å². The molecule has 1 aromatic heterocycles. The standard InChI is InChI=1S/C21H22N2O3/c1-21(20(25)26,16-13-23-17-10-6-5-9-15(16)17)19(22)18(24)12-11-14-7-3-2-4-8-14/h2-10,13,19,23H,11-12,22H2,1H3,(H,25,26)/t19?,21-/m1/s1. The van der Waals surface area contributed by atoms with Crippen molar-refractivity contribution in [2.24, 2.45) is 5.73 Å². The first-order valence-corrected chi connectivity index (χ1v) is 8.57. The van der Waals surface area contributed by atoms with Crippen LogP contribution < -0.4 is 5.73 Å². The molecule has 0 fully saturated rings. The van der Waals surface area contributed by atoms with E-state index >= 15 is 0 Å². The van der Waals surface area contributed by atoms with Gasteiger partial charge in [-0.25, -0.2) is 0 Å². The Labute approximate surface area is 151 Å². The Hall–Kier alpha value is -2.92. The quantitative estimate of drug-likeness (QED) is 0.610. The third-order valence-corrected chi connectivity index (χ3v) is 5.06. The molecular weight excluding hydrogens is 328 g/mol. The average Bonchev–Trinajstić information content (AvgIpc) is 3.10. The van der Waals surface area contributed by atoms with Gasteiger partial charge in [-0.15, -0.1) is 0 Å². The fourth-order valence-corrected chi connectivity index (χ4v) is 3.31. The fourth-order valence-electron chi connectivity index (χ4n) is 3.31. The first kappa shape index (κ1) is 17.9. The van der Waals surface area contributed by atoms with E-state index in [1.165, 1.54) is 6.92 Å². The van der Waals surface area contributed by atoms with Gasteiger partial charge >= 0.3 is 5.97 Å². The number of fused-ring (bicyclic) bond motifs is 1. The number of benzene rings is 2. The predicted octanol–water partition coefficient (Wildman–Crippen LogP) is 3.04. The van der Waals surface area contributed by atoms with Crippen molar-refractivity contribution in [2.75, 3.05) is 0 Å². The van der Waals surface area contributed by atoms with Crippen LogP contribution in [0.2, 0.25) is 0 Å². The summed E-state index contributed by atoms with van der Waals surface area (Å²) in [6, 6.07) is 15.9. The van der Waals surface area contributed by atoms with Gasteiger partial charge in [0.1, 0.15) is 5.41 Å². The largest absolute Gasteiger partial charge is 0.481 e. The first-order valence-electron chi connectivity index (χ1n) is 8.57. The molecule has 4 N–H and O–H groups in total. The second-order valence-corrected chi connectivity index (χ2v) is 6.69. The molecule has 0 amide bonds. The number of hydrogen-bond donors (Lipinski definition) is 3. The molecule has 0 saturated heterocycles. The summed E-state index contributed by atoms with van der Waals surface area (Å²) in [7, 11) is 0. The molecule has 3 aromatic rings. The molecule has 0 radical (unpaired) electrons. The number of nitrogens with one attached hydrogen (secondary N) is 1. The van der Waals surface area contributed by atoms with Gasteiger partial charge in [-0.05, 0) is 30.5 Å². The van der Waals surface area contributed by atoms with Gasteiger partial charge in [0, 0.05) is 23.5 Å². The summed E-state index contributed by atoms with van der Waals surface area (Å²) >= 11 is 0. The highest BCUT2D eigenvalue weighted by Gasteiger charge is 2.46. The average molecular weight is 350 g/mol. The van der Waals surface area contributed by atoms with Gasteiger partial charge in [0.25, 0.3) is 0 Å². The van der Waals surface area contributed by atoms with E-state index < -0.39 is 17.4 Å². The van der Waals surface area contributed by atoms with E-state index in [2.05, 4.69) is 4.98 Å². The maximum absolute atomic E-state index is 12.7. The number of ketones is 1. The molecule has 0 aliphatic carbocycles. The number of carbonyl (C=O) groups is 2. The third kappa shape index (κ3) is 3.13. The molecular formula is C21H22N2O3. The van der Waals surface area contributed by atoms with Crippen LogP contribution in [0.1, 0.15) is 24.5 Å². The van der Waals surface area contributed by atoms with Gasteiger partial charge < -0.3 is 15.8 Å². The van der Waals surface area contributed by atoms with Crippen molar-refractivity contribution >= 4 is 22.7 Å². The lowest BCUT2D eigenvalue weighted by atomic mass is 9.73. The van der Waals surface area contributed by atoms with Gasteiger partial charge in [-0.1, -0.05) is 48.5 Å². The van der Waals surface area contributed by atoms with Crippen molar-refractivity contribution in [3.05, 3.63) is 71.9 Å². The smallest absolute Gasteiger partial charge is 0.315 e. The van der Waals surface area contributed by atoms with Crippen molar-refractivity contribution < 1.29 is 14.7 Å². The number of Topliss-reactive ketones (excluding diaryl/α,β-unsaturated/α-hetero) is 1. The lowest BCUT2D eigenvalue weighted by Gasteiger charge is -2.30. The van der Waals surface area contributed by atoms with E-state index in [9.17, 15) is 14.7 Å². The molecule has 0 saturated carbocycles. The molecule has 134 valence electrons. The Kier molecular flexibility index (Phi) is 4.91. The molecule has 5 heteroatoms. The van der Waals surface area contributed by atoms with E-state index in [-0.39, 0.29) is 12.2 Å². The molecule has 0 aliphatic rings. The molecule has 2 atom stereocenters. The summed E-state index contributed by atoms with van der Waals surface area (Å²) in [5, 5.41) is 10.7. The van der Waals surface area contributed by atoms with Gasteiger partial charge in [0.2, 0.25) is 0 Å². The van der Waals surface area contributed by atoms with Crippen molar-refractivity contribution in [1.82, 2.24) is 4.98 Å². The Morgan fingerprint density at radius 1 is 1.12 bits per heavy atom. The summed E-state index contributed by atoms with van der Waals surface area (Å²) < 4.78 is 0. The molecule has 5 nitrogen and oxygen atoms in total. The topological polar surface area (TPSA) is 96.2 Å². The number of aliphatic carboxylic acids is 1. The number of rotatable bonds is 7. The zero-order valence-corrected chi connectivity index (χ0v) is 14.6. The van der Waals surface area contributed by atoms with Crippen LogP contribution in [0, 0.1) is 0 Å². The number of aryl methyl sites for hydroxylation is 1. The number of aromatic nitrogens is 1. The number of para-hydroxylation sites is 1. The third-order valence-electron chi connectivity index (χ3n) is 5.06. The molecule has 1 heterocycles. The van der Waals surface area contributed by atoms with Crippen LogP contribution in [-0.2, 0) is 21.4 Å². The summed E-state index contributed by atoms with van der Waals surface area (Å²) in [6.45, 7) is 1.52. The van der Waals surface area contributed by atoms with Crippen LogP contribution >= 0.6 is 0 Å². The molecule has 3 rings (SSSR count). The number of hydrogen-bond acceptors (Lipinski definition) is 3. The Balaban J connectivity index is 1.88. The fraction of sp³-hybridized carbons (Fsp3) is 0.238. The normalized spacial score (nSPS) is 14.7. The number of carboxylic acid groups (broad SMARTS) is 1. The van der Waals surface area contributed by atoms with Crippen LogP contribution in [0.4, 0.5) is 0 Å². The number of nitrogens with two attached hydrogens (primary N) is 1. The Bertz CT molecular complexity index is 933. The minimum atomic E-state index is -1.51. The minimum absolute atomic E-state index is 0.205. The maximum atomic E-state index is 12.7. The second-order valence-electron chi connectivity index (χ2n) is 6.69. The second kappa shape index (κ2) is 7.14. The maximum Gasteiger partial charge on any atom is 0.315 e. The van der Waals surface area contributed by atoms with Gasteiger partial charge in [-0.2, -0.15) is 0 Å². The zero-order valence-electron chi connectivity index (χ0n) is 14.6. The zero-order chi connectivity index (χ0) is 18.7. The van der Waals surface area contributed by atoms with E-state index in [1.54, 1.807) is 6.20 Å². The number of aromatic amines is 1. The molecule has 0 aliphatic heterocycles. The van der Waals surface area contributed by atoms with Crippen LogP contribution in [0.5, 0.6) is 0 Å². The SMILES string of the molecule is C[C@@](C(=O)O)(c1c[nH]c2ccccc12)C(N)C(=O)CCc1ccccc1. The van der Waals surface area contributed by atoms with E-state index in [4.69, 9.17) is 5.73 Å². The minimum Gasteiger partial charge on any atom is -0.481 e. The van der Waals surface area contributed by atoms with Crippen molar-refractivity contribution in [3.63, 3.8) is 0 Å².